The maximum absolute atomic E-state index is 10.6. The fourth-order valence-electron chi connectivity index (χ4n) is 2.18. The quantitative estimate of drug-likeness (QED) is 0.691. The zero-order valence-corrected chi connectivity index (χ0v) is 7.97. The third-order valence-electron chi connectivity index (χ3n) is 3.38. The van der Waals surface area contributed by atoms with Gasteiger partial charge in [0.05, 0.1) is 6.42 Å². The van der Waals surface area contributed by atoms with Gasteiger partial charge in [-0.05, 0) is 17.8 Å². The molecular formula is C10H18O2. The zero-order valence-electron chi connectivity index (χ0n) is 7.97. The molecule has 0 aliphatic heterocycles. The van der Waals surface area contributed by atoms with Gasteiger partial charge in [0.1, 0.15) is 0 Å². The summed E-state index contributed by atoms with van der Waals surface area (Å²) in [5.41, 5.74) is 0.0596. The van der Waals surface area contributed by atoms with Crippen LogP contribution in [0, 0.1) is 11.3 Å². The van der Waals surface area contributed by atoms with Gasteiger partial charge in [0.15, 0.2) is 0 Å². The first-order chi connectivity index (χ1) is 5.54. The molecule has 0 aromatic heterocycles. The maximum Gasteiger partial charge on any atom is 0.303 e. The molecule has 1 rings (SSSR count). The van der Waals surface area contributed by atoms with Crippen LogP contribution >= 0.6 is 0 Å². The molecule has 12 heavy (non-hydrogen) atoms. The molecule has 0 amide bonds. The monoisotopic (exact) mass is 170 g/mol. The summed E-state index contributed by atoms with van der Waals surface area (Å²) < 4.78 is 0. The summed E-state index contributed by atoms with van der Waals surface area (Å²) in [6.45, 7) is 4.30. The lowest BCUT2D eigenvalue weighted by atomic mass is 9.66. The van der Waals surface area contributed by atoms with Gasteiger partial charge in [-0.3, -0.25) is 4.79 Å². The number of hydrogen-bond donors (Lipinski definition) is 1. The molecule has 0 aromatic carbocycles. The van der Waals surface area contributed by atoms with Crippen molar-refractivity contribution in [2.24, 2.45) is 11.3 Å². The predicted octanol–water partition coefficient (Wildman–Crippen LogP) is 2.68. The largest absolute Gasteiger partial charge is 0.481 e. The predicted molar refractivity (Wildman–Crippen MR) is 48.0 cm³/mol. The van der Waals surface area contributed by atoms with Crippen LogP contribution in [-0.2, 0) is 4.79 Å². The van der Waals surface area contributed by atoms with Crippen LogP contribution in [0.2, 0.25) is 0 Å². The molecule has 1 N–H and O–H groups in total. The molecule has 1 aliphatic carbocycles. The Kier molecular flexibility index (Phi) is 2.76. The SMILES string of the molecule is C[C@H]1CCCC[C@]1(C)CC(=O)O. The molecule has 2 heteroatoms. The van der Waals surface area contributed by atoms with E-state index in [1.165, 1.54) is 19.3 Å². The van der Waals surface area contributed by atoms with E-state index in [-0.39, 0.29) is 5.41 Å². The van der Waals surface area contributed by atoms with E-state index in [9.17, 15) is 4.79 Å². The van der Waals surface area contributed by atoms with Crippen molar-refractivity contribution >= 4 is 5.97 Å². The first kappa shape index (κ1) is 9.56. The van der Waals surface area contributed by atoms with Gasteiger partial charge in [-0.1, -0.05) is 33.1 Å². The molecule has 0 radical (unpaired) electrons. The minimum atomic E-state index is -0.647. The van der Waals surface area contributed by atoms with Crippen molar-refractivity contribution in [1.29, 1.82) is 0 Å². The van der Waals surface area contributed by atoms with Gasteiger partial charge < -0.3 is 5.11 Å². The fourth-order valence-corrected chi connectivity index (χ4v) is 2.18. The molecule has 1 aliphatic rings. The average Bonchev–Trinajstić information content (AvgIpc) is 1.94. The molecule has 0 saturated heterocycles. The molecule has 0 bridgehead atoms. The molecule has 0 heterocycles. The summed E-state index contributed by atoms with van der Waals surface area (Å²) in [5, 5.41) is 8.75. The minimum absolute atomic E-state index is 0.0596. The van der Waals surface area contributed by atoms with Crippen LogP contribution in [0.3, 0.4) is 0 Å². The molecule has 0 unspecified atom stereocenters. The van der Waals surface area contributed by atoms with Crippen LogP contribution in [0.15, 0.2) is 0 Å². The highest BCUT2D eigenvalue weighted by Crippen LogP contribution is 2.43. The molecule has 1 saturated carbocycles. The summed E-state index contributed by atoms with van der Waals surface area (Å²) in [7, 11) is 0. The second-order valence-electron chi connectivity index (χ2n) is 4.37. The molecule has 0 spiro atoms. The van der Waals surface area contributed by atoms with Gasteiger partial charge in [-0.25, -0.2) is 0 Å². The topological polar surface area (TPSA) is 37.3 Å². The Morgan fingerprint density at radius 2 is 2.25 bits per heavy atom. The zero-order chi connectivity index (χ0) is 9.19. The highest BCUT2D eigenvalue weighted by molar-refractivity contribution is 5.67. The van der Waals surface area contributed by atoms with Gasteiger partial charge in [0, 0.05) is 0 Å². The highest BCUT2D eigenvalue weighted by Gasteiger charge is 2.35. The second kappa shape index (κ2) is 3.46. The van der Waals surface area contributed by atoms with Crippen molar-refractivity contribution in [2.45, 2.75) is 46.0 Å². The van der Waals surface area contributed by atoms with Gasteiger partial charge in [0.25, 0.3) is 0 Å². The Morgan fingerprint density at radius 3 is 2.75 bits per heavy atom. The van der Waals surface area contributed by atoms with Crippen molar-refractivity contribution in [3.63, 3.8) is 0 Å². The molecule has 2 nitrogen and oxygen atoms in total. The Bertz CT molecular complexity index is 177. The Hall–Kier alpha value is -0.530. The van der Waals surface area contributed by atoms with Crippen LogP contribution < -0.4 is 0 Å². The van der Waals surface area contributed by atoms with E-state index in [1.807, 2.05) is 0 Å². The maximum atomic E-state index is 10.6. The summed E-state index contributed by atoms with van der Waals surface area (Å²) in [5.74, 6) is -0.0754. The number of carboxylic acid groups (broad SMARTS) is 1. The minimum Gasteiger partial charge on any atom is -0.481 e. The van der Waals surface area contributed by atoms with Crippen molar-refractivity contribution in [1.82, 2.24) is 0 Å². The molecule has 1 fully saturated rings. The lowest BCUT2D eigenvalue weighted by molar-refractivity contribution is -0.141. The van der Waals surface area contributed by atoms with E-state index < -0.39 is 5.97 Å². The van der Waals surface area contributed by atoms with E-state index >= 15 is 0 Å². The van der Waals surface area contributed by atoms with Gasteiger partial charge >= 0.3 is 5.97 Å². The Labute approximate surface area is 74.0 Å². The molecular weight excluding hydrogens is 152 g/mol. The first-order valence-electron chi connectivity index (χ1n) is 4.76. The van der Waals surface area contributed by atoms with Crippen molar-refractivity contribution in [3.05, 3.63) is 0 Å². The number of hydrogen-bond acceptors (Lipinski definition) is 1. The number of aliphatic carboxylic acids is 1. The Morgan fingerprint density at radius 1 is 1.58 bits per heavy atom. The van der Waals surface area contributed by atoms with E-state index in [0.29, 0.717) is 12.3 Å². The summed E-state index contributed by atoms with van der Waals surface area (Å²) in [4.78, 5) is 10.6. The van der Waals surface area contributed by atoms with Crippen LogP contribution in [0.25, 0.3) is 0 Å². The highest BCUT2D eigenvalue weighted by atomic mass is 16.4. The standard InChI is InChI=1S/C10H18O2/c1-8-5-3-4-6-10(8,2)7-9(11)12/h8H,3-7H2,1-2H3,(H,11,12)/t8-,10+/m0/s1. The molecule has 2 atom stereocenters. The molecule has 0 aromatic rings. The van der Waals surface area contributed by atoms with Crippen molar-refractivity contribution in [2.75, 3.05) is 0 Å². The average molecular weight is 170 g/mol. The van der Waals surface area contributed by atoms with Crippen molar-refractivity contribution < 1.29 is 9.90 Å². The van der Waals surface area contributed by atoms with Crippen LogP contribution in [-0.4, -0.2) is 11.1 Å². The Balaban J connectivity index is 2.59. The van der Waals surface area contributed by atoms with Crippen molar-refractivity contribution in [3.8, 4) is 0 Å². The smallest absolute Gasteiger partial charge is 0.303 e. The van der Waals surface area contributed by atoms with Crippen LogP contribution in [0.4, 0.5) is 0 Å². The van der Waals surface area contributed by atoms with E-state index in [4.69, 9.17) is 5.11 Å². The normalized spacial score (nSPS) is 36.3. The fraction of sp³-hybridized carbons (Fsp3) is 0.900. The summed E-state index contributed by atoms with van der Waals surface area (Å²) >= 11 is 0. The second-order valence-corrected chi connectivity index (χ2v) is 4.37. The van der Waals surface area contributed by atoms with E-state index in [1.54, 1.807) is 0 Å². The summed E-state index contributed by atoms with van der Waals surface area (Å²) in [6.07, 6.45) is 5.10. The van der Waals surface area contributed by atoms with E-state index in [0.717, 1.165) is 6.42 Å². The number of carboxylic acids is 1. The number of carbonyl (C=O) groups is 1. The third kappa shape index (κ3) is 1.99. The van der Waals surface area contributed by atoms with Gasteiger partial charge in [-0.2, -0.15) is 0 Å². The number of rotatable bonds is 2. The summed E-state index contributed by atoms with van der Waals surface area (Å²) in [6, 6.07) is 0. The van der Waals surface area contributed by atoms with Crippen LogP contribution in [0.5, 0.6) is 0 Å². The lowest BCUT2D eigenvalue weighted by Gasteiger charge is -2.38. The third-order valence-corrected chi connectivity index (χ3v) is 3.38. The van der Waals surface area contributed by atoms with Gasteiger partial charge in [-0.15, -0.1) is 0 Å². The van der Waals surface area contributed by atoms with E-state index in [2.05, 4.69) is 13.8 Å². The lowest BCUT2D eigenvalue weighted by Crippen LogP contribution is -2.31. The first-order valence-corrected chi connectivity index (χ1v) is 4.76. The van der Waals surface area contributed by atoms with Crippen LogP contribution in [0.1, 0.15) is 46.0 Å². The molecule has 70 valence electrons. The van der Waals surface area contributed by atoms with Gasteiger partial charge in [0.2, 0.25) is 0 Å².